The normalized spacial score (nSPS) is 9.61. The molecule has 1 aromatic rings. The van der Waals surface area contributed by atoms with E-state index >= 15 is 0 Å². The number of rotatable bonds is 6. The Balaban J connectivity index is 2.66. The number of carbonyl (C=O) groups excluding carboxylic acids is 1. The Bertz CT molecular complexity index is 451. The lowest BCUT2D eigenvalue weighted by Gasteiger charge is -2.07. The Labute approximate surface area is 101 Å². The summed E-state index contributed by atoms with van der Waals surface area (Å²) in [6.45, 7) is 0.228. The van der Waals surface area contributed by atoms with Gasteiger partial charge in [0.2, 0.25) is 0 Å². The number of carbonyl (C=O) groups is 1. The van der Waals surface area contributed by atoms with Crippen LogP contribution in [0.25, 0.3) is 0 Å². The highest BCUT2D eigenvalue weighted by atomic mass is 16.6. The van der Waals surface area contributed by atoms with Crippen molar-refractivity contribution < 1.29 is 14.5 Å². The fourth-order valence-corrected chi connectivity index (χ4v) is 1.12. The molecule has 0 radical (unpaired) electrons. The SMILES string of the molecule is NNc1cc([N+](=O)[O-])cc(NCCOC(N)=O)n1. The maximum atomic E-state index is 10.6. The monoisotopic (exact) mass is 256 g/mol. The lowest BCUT2D eigenvalue weighted by atomic mass is 10.3. The van der Waals surface area contributed by atoms with Crippen LogP contribution < -0.4 is 22.3 Å². The largest absolute Gasteiger partial charge is 0.448 e. The van der Waals surface area contributed by atoms with Gasteiger partial charge in [-0.05, 0) is 0 Å². The quantitative estimate of drug-likeness (QED) is 0.235. The summed E-state index contributed by atoms with van der Waals surface area (Å²) in [6.07, 6.45) is -0.895. The highest BCUT2D eigenvalue weighted by molar-refractivity contribution is 5.64. The average molecular weight is 256 g/mol. The predicted octanol–water partition coefficient (Wildman–Crippen LogP) is -0.217. The molecule has 0 aliphatic heterocycles. The summed E-state index contributed by atoms with van der Waals surface area (Å²) < 4.78 is 4.47. The first kappa shape index (κ1) is 13.4. The minimum absolute atomic E-state index is 0.0189. The highest BCUT2D eigenvalue weighted by Crippen LogP contribution is 2.19. The number of primary amides is 1. The van der Waals surface area contributed by atoms with Crippen molar-refractivity contribution in [2.45, 2.75) is 0 Å². The number of ether oxygens (including phenoxy) is 1. The summed E-state index contributed by atoms with van der Waals surface area (Å²) in [5.74, 6) is 5.50. The van der Waals surface area contributed by atoms with Gasteiger partial charge in [0.05, 0.1) is 23.6 Å². The molecule has 0 bridgehead atoms. The molecule has 10 nitrogen and oxygen atoms in total. The smallest absolute Gasteiger partial charge is 0.404 e. The van der Waals surface area contributed by atoms with Crippen molar-refractivity contribution in [1.82, 2.24) is 4.98 Å². The summed E-state index contributed by atoms with van der Waals surface area (Å²) in [4.78, 5) is 24.3. The van der Waals surface area contributed by atoms with E-state index in [0.717, 1.165) is 0 Å². The summed E-state index contributed by atoms with van der Waals surface area (Å²) >= 11 is 0. The van der Waals surface area contributed by atoms with Gasteiger partial charge in [0.25, 0.3) is 5.69 Å². The van der Waals surface area contributed by atoms with E-state index < -0.39 is 11.0 Å². The second-order valence-electron chi connectivity index (χ2n) is 3.09. The number of amides is 1. The molecule has 0 saturated carbocycles. The van der Waals surface area contributed by atoms with Crippen LogP contribution in [0.15, 0.2) is 12.1 Å². The van der Waals surface area contributed by atoms with Crippen LogP contribution in [0.5, 0.6) is 0 Å². The van der Waals surface area contributed by atoms with Gasteiger partial charge in [0, 0.05) is 0 Å². The Morgan fingerprint density at radius 1 is 1.50 bits per heavy atom. The third-order valence-corrected chi connectivity index (χ3v) is 1.82. The molecule has 1 amide bonds. The Morgan fingerprint density at radius 2 is 2.17 bits per heavy atom. The van der Waals surface area contributed by atoms with Crippen molar-refractivity contribution in [2.75, 3.05) is 23.9 Å². The molecule has 0 aliphatic carbocycles. The number of nitrogens with one attached hydrogen (secondary N) is 2. The number of nitrogens with zero attached hydrogens (tertiary/aromatic N) is 2. The van der Waals surface area contributed by atoms with Crippen LogP contribution >= 0.6 is 0 Å². The van der Waals surface area contributed by atoms with Crippen LogP contribution in [0.4, 0.5) is 22.1 Å². The van der Waals surface area contributed by atoms with E-state index in [-0.39, 0.29) is 30.5 Å². The number of nitro groups is 1. The van der Waals surface area contributed by atoms with Crippen LogP contribution in [0.3, 0.4) is 0 Å². The van der Waals surface area contributed by atoms with Crippen LogP contribution in [0.1, 0.15) is 0 Å². The van der Waals surface area contributed by atoms with Crippen molar-refractivity contribution in [2.24, 2.45) is 11.6 Å². The molecule has 1 aromatic heterocycles. The number of pyridine rings is 1. The zero-order valence-corrected chi connectivity index (χ0v) is 9.25. The van der Waals surface area contributed by atoms with Crippen LogP contribution in [-0.4, -0.2) is 29.2 Å². The molecule has 0 aliphatic rings. The number of hydrogen-bond donors (Lipinski definition) is 4. The van der Waals surface area contributed by atoms with E-state index in [0.29, 0.717) is 0 Å². The van der Waals surface area contributed by atoms with Gasteiger partial charge in [0.15, 0.2) is 0 Å². The highest BCUT2D eigenvalue weighted by Gasteiger charge is 2.10. The molecule has 6 N–H and O–H groups in total. The van der Waals surface area contributed by atoms with Crippen molar-refractivity contribution in [1.29, 1.82) is 0 Å². The fraction of sp³-hybridized carbons (Fsp3) is 0.250. The number of hydrazine groups is 1. The number of nitrogen functional groups attached to an aromatic ring is 1. The van der Waals surface area contributed by atoms with Gasteiger partial charge in [-0.3, -0.25) is 10.1 Å². The molecule has 1 heterocycles. The standard InChI is InChI=1S/C8H12N6O4/c9-8(15)18-2-1-11-6-3-5(14(16)17)4-7(12-6)13-10/h3-4H,1-2,10H2,(H2,9,15)(H2,11,12,13). The van der Waals surface area contributed by atoms with Gasteiger partial charge in [-0.2, -0.15) is 0 Å². The molecular weight excluding hydrogens is 244 g/mol. The lowest BCUT2D eigenvalue weighted by molar-refractivity contribution is -0.384. The minimum Gasteiger partial charge on any atom is -0.448 e. The van der Waals surface area contributed by atoms with Gasteiger partial charge >= 0.3 is 6.09 Å². The van der Waals surface area contributed by atoms with Gasteiger partial charge < -0.3 is 21.2 Å². The third kappa shape index (κ3) is 4.09. The second kappa shape index (κ2) is 6.20. The van der Waals surface area contributed by atoms with Crippen molar-refractivity contribution >= 4 is 23.4 Å². The van der Waals surface area contributed by atoms with Crippen molar-refractivity contribution in [3.63, 3.8) is 0 Å². The van der Waals surface area contributed by atoms with Crippen molar-refractivity contribution in [3.05, 3.63) is 22.2 Å². The van der Waals surface area contributed by atoms with E-state index in [1.54, 1.807) is 0 Å². The average Bonchev–Trinajstić information content (AvgIpc) is 2.34. The van der Waals surface area contributed by atoms with E-state index in [4.69, 9.17) is 11.6 Å². The fourth-order valence-electron chi connectivity index (χ4n) is 1.12. The Hall–Kier alpha value is -2.62. The summed E-state index contributed by atoms with van der Waals surface area (Å²) in [5, 5.41) is 13.4. The van der Waals surface area contributed by atoms with Crippen LogP contribution in [0, 0.1) is 10.1 Å². The summed E-state index contributed by atoms with van der Waals surface area (Å²) in [5.41, 5.74) is 6.80. The third-order valence-electron chi connectivity index (χ3n) is 1.82. The zero-order chi connectivity index (χ0) is 13.5. The summed E-state index contributed by atoms with van der Waals surface area (Å²) in [6, 6.07) is 2.41. The van der Waals surface area contributed by atoms with Crippen LogP contribution in [-0.2, 0) is 4.74 Å². The first-order valence-corrected chi connectivity index (χ1v) is 4.82. The van der Waals surface area contributed by atoms with Gasteiger partial charge in [-0.25, -0.2) is 15.6 Å². The van der Waals surface area contributed by atoms with E-state index in [9.17, 15) is 14.9 Å². The first-order valence-electron chi connectivity index (χ1n) is 4.82. The molecule has 0 saturated heterocycles. The molecule has 0 fully saturated rings. The minimum atomic E-state index is -0.895. The van der Waals surface area contributed by atoms with E-state index in [2.05, 4.69) is 20.5 Å². The molecule has 0 unspecified atom stereocenters. The lowest BCUT2D eigenvalue weighted by Crippen LogP contribution is -2.19. The number of aromatic nitrogens is 1. The summed E-state index contributed by atoms with van der Waals surface area (Å²) in [7, 11) is 0. The van der Waals surface area contributed by atoms with Crippen molar-refractivity contribution in [3.8, 4) is 0 Å². The van der Waals surface area contributed by atoms with E-state index in [1.165, 1.54) is 12.1 Å². The molecule has 0 atom stereocenters. The van der Waals surface area contributed by atoms with Gasteiger partial charge in [0.1, 0.15) is 18.2 Å². The molecule has 1 rings (SSSR count). The Kier molecular flexibility index (Phi) is 4.63. The van der Waals surface area contributed by atoms with Gasteiger partial charge in [-0.1, -0.05) is 0 Å². The number of hydrogen-bond acceptors (Lipinski definition) is 8. The Morgan fingerprint density at radius 3 is 2.72 bits per heavy atom. The molecular formula is C8H12N6O4. The van der Waals surface area contributed by atoms with Gasteiger partial charge in [-0.15, -0.1) is 0 Å². The molecule has 0 spiro atoms. The second-order valence-corrected chi connectivity index (χ2v) is 3.09. The topological polar surface area (TPSA) is 158 Å². The first-order chi connectivity index (χ1) is 8.52. The molecule has 0 aromatic carbocycles. The predicted molar refractivity (Wildman–Crippen MR) is 62.7 cm³/mol. The maximum Gasteiger partial charge on any atom is 0.404 e. The number of anilines is 2. The number of nitrogens with two attached hydrogens (primary N) is 2. The van der Waals surface area contributed by atoms with E-state index in [1.807, 2.05) is 0 Å². The van der Waals surface area contributed by atoms with Crippen LogP contribution in [0.2, 0.25) is 0 Å². The molecule has 18 heavy (non-hydrogen) atoms. The molecule has 10 heteroatoms. The molecule has 98 valence electrons. The zero-order valence-electron chi connectivity index (χ0n) is 9.25. The maximum absolute atomic E-state index is 10.6.